The van der Waals surface area contributed by atoms with Gasteiger partial charge in [0.25, 0.3) is 0 Å². The Morgan fingerprint density at radius 2 is 1.96 bits per heavy atom. The lowest BCUT2D eigenvalue weighted by Gasteiger charge is -2.04. The highest BCUT2D eigenvalue weighted by Crippen LogP contribution is 2.34. The molecule has 0 aromatic heterocycles. The fourth-order valence-corrected chi connectivity index (χ4v) is 2.11. The fourth-order valence-electron chi connectivity index (χ4n) is 2.11. The van der Waals surface area contributed by atoms with E-state index in [9.17, 15) is 14.0 Å². The molecule has 116 valence electrons. The summed E-state index contributed by atoms with van der Waals surface area (Å²) in [5.74, 6) is -1.06. The van der Waals surface area contributed by atoms with Crippen molar-refractivity contribution in [3.8, 4) is 11.5 Å². The molecule has 5 nitrogen and oxygen atoms in total. The van der Waals surface area contributed by atoms with E-state index in [1.165, 1.54) is 48.5 Å². The minimum absolute atomic E-state index is 0.113. The number of rotatable bonds is 4. The number of carbonyl (C=O) groups excluding carboxylic acids is 1. The monoisotopic (exact) mass is 314 g/mol. The first-order valence-electron chi connectivity index (χ1n) is 6.71. The number of fused-ring (bicyclic) bond motifs is 1. The normalized spacial score (nSPS) is 14.5. The second kappa shape index (κ2) is 5.92. The van der Waals surface area contributed by atoms with Crippen molar-refractivity contribution in [2.75, 3.05) is 6.61 Å². The molecule has 1 N–H and O–H groups in total. The van der Waals surface area contributed by atoms with E-state index in [1.807, 2.05) is 0 Å². The van der Waals surface area contributed by atoms with Crippen LogP contribution in [0.5, 0.6) is 11.5 Å². The summed E-state index contributed by atoms with van der Waals surface area (Å²) in [6.07, 6.45) is 1.51. The summed E-state index contributed by atoms with van der Waals surface area (Å²) in [6, 6.07) is 10.1. The molecule has 1 aliphatic heterocycles. The fraction of sp³-hybridized carbons (Fsp3) is 0.0588. The number of carboxylic acids is 1. The number of benzene rings is 2. The zero-order valence-electron chi connectivity index (χ0n) is 11.8. The van der Waals surface area contributed by atoms with E-state index in [2.05, 4.69) is 0 Å². The Morgan fingerprint density at radius 1 is 1.22 bits per heavy atom. The number of hydrogen-bond acceptors (Lipinski definition) is 4. The topological polar surface area (TPSA) is 72.8 Å². The summed E-state index contributed by atoms with van der Waals surface area (Å²) in [5.41, 5.74) is 0.992. The molecule has 6 heteroatoms. The van der Waals surface area contributed by atoms with E-state index in [4.69, 9.17) is 14.6 Å². The van der Waals surface area contributed by atoms with Crippen LogP contribution in [0.15, 0.2) is 48.2 Å². The van der Waals surface area contributed by atoms with Crippen LogP contribution in [0.3, 0.4) is 0 Å². The second-order valence-corrected chi connectivity index (χ2v) is 4.83. The number of ketones is 1. The number of aliphatic carboxylic acids is 1. The predicted octanol–water partition coefficient (Wildman–Crippen LogP) is 2.91. The Balaban J connectivity index is 1.83. The van der Waals surface area contributed by atoms with Gasteiger partial charge in [-0.25, -0.2) is 9.18 Å². The van der Waals surface area contributed by atoms with Gasteiger partial charge in [-0.3, -0.25) is 4.79 Å². The molecule has 0 saturated carbocycles. The minimum Gasteiger partial charge on any atom is -0.482 e. The Morgan fingerprint density at radius 3 is 2.65 bits per heavy atom. The Labute approximate surface area is 130 Å². The Hall–Kier alpha value is -3.15. The standard InChI is InChI=1S/C17H11FO5/c18-11-3-1-10(2-4-11)7-15-17(21)13-6-5-12(8-14(13)23-15)22-9-16(19)20/h1-8H,9H2,(H,19,20)/b15-7-. The van der Waals surface area contributed by atoms with Gasteiger partial charge >= 0.3 is 5.97 Å². The molecule has 0 amide bonds. The predicted molar refractivity (Wildman–Crippen MR) is 78.9 cm³/mol. The lowest BCUT2D eigenvalue weighted by molar-refractivity contribution is -0.139. The van der Waals surface area contributed by atoms with Crippen molar-refractivity contribution in [3.63, 3.8) is 0 Å². The molecule has 0 fully saturated rings. The van der Waals surface area contributed by atoms with Crippen molar-refractivity contribution in [1.82, 2.24) is 0 Å². The molecule has 1 heterocycles. The van der Waals surface area contributed by atoms with Gasteiger partial charge in [-0.1, -0.05) is 12.1 Å². The Bertz CT molecular complexity index is 808. The highest BCUT2D eigenvalue weighted by Gasteiger charge is 2.27. The number of ether oxygens (including phenoxy) is 2. The molecule has 0 radical (unpaired) electrons. The molecule has 0 bridgehead atoms. The van der Waals surface area contributed by atoms with Gasteiger partial charge < -0.3 is 14.6 Å². The quantitative estimate of drug-likeness (QED) is 0.879. The van der Waals surface area contributed by atoms with Gasteiger partial charge in [-0.05, 0) is 35.9 Å². The molecule has 2 aromatic rings. The molecule has 1 aliphatic rings. The first kappa shape index (κ1) is 14.8. The average Bonchev–Trinajstić information content (AvgIpc) is 2.83. The van der Waals surface area contributed by atoms with Crippen molar-refractivity contribution in [2.24, 2.45) is 0 Å². The zero-order chi connectivity index (χ0) is 16.4. The molecule has 0 saturated heterocycles. The summed E-state index contributed by atoms with van der Waals surface area (Å²) in [5, 5.41) is 8.59. The second-order valence-electron chi connectivity index (χ2n) is 4.83. The summed E-state index contributed by atoms with van der Waals surface area (Å²) >= 11 is 0. The molecule has 3 rings (SSSR count). The first-order valence-corrected chi connectivity index (χ1v) is 6.71. The molecule has 0 spiro atoms. The van der Waals surface area contributed by atoms with Crippen molar-refractivity contribution in [1.29, 1.82) is 0 Å². The summed E-state index contributed by atoms with van der Waals surface area (Å²) in [6.45, 7) is -0.481. The largest absolute Gasteiger partial charge is 0.482 e. The van der Waals surface area contributed by atoms with Crippen molar-refractivity contribution < 1.29 is 28.6 Å². The van der Waals surface area contributed by atoms with E-state index in [0.717, 1.165) is 0 Å². The van der Waals surface area contributed by atoms with E-state index >= 15 is 0 Å². The number of Topliss-reactive ketones (excluding diaryl/α,β-unsaturated/α-hetero) is 1. The van der Waals surface area contributed by atoms with Crippen LogP contribution < -0.4 is 9.47 Å². The lowest BCUT2D eigenvalue weighted by atomic mass is 10.1. The SMILES string of the molecule is O=C(O)COc1ccc2c(c1)O/C(=C\c1ccc(F)cc1)C2=O. The smallest absolute Gasteiger partial charge is 0.341 e. The minimum atomic E-state index is -1.10. The van der Waals surface area contributed by atoms with Crippen LogP contribution in [-0.4, -0.2) is 23.5 Å². The summed E-state index contributed by atoms with van der Waals surface area (Å²) in [4.78, 5) is 22.7. The number of carboxylic acid groups (broad SMARTS) is 1. The van der Waals surface area contributed by atoms with E-state index in [1.54, 1.807) is 0 Å². The van der Waals surface area contributed by atoms with Crippen molar-refractivity contribution in [3.05, 3.63) is 65.2 Å². The third kappa shape index (κ3) is 3.21. The van der Waals surface area contributed by atoms with Gasteiger partial charge in [0.05, 0.1) is 5.56 Å². The van der Waals surface area contributed by atoms with Crippen LogP contribution in [0.1, 0.15) is 15.9 Å². The number of carbonyl (C=O) groups is 2. The van der Waals surface area contributed by atoms with Crippen LogP contribution in [0.25, 0.3) is 6.08 Å². The lowest BCUT2D eigenvalue weighted by Crippen LogP contribution is -2.09. The van der Waals surface area contributed by atoms with Gasteiger partial charge in [0, 0.05) is 6.07 Å². The van der Waals surface area contributed by atoms with E-state index in [-0.39, 0.29) is 17.4 Å². The highest BCUT2D eigenvalue weighted by molar-refractivity contribution is 6.14. The maximum Gasteiger partial charge on any atom is 0.341 e. The maximum atomic E-state index is 12.9. The number of hydrogen-bond donors (Lipinski definition) is 1. The van der Waals surface area contributed by atoms with Crippen LogP contribution in [0.2, 0.25) is 0 Å². The number of allylic oxidation sites excluding steroid dienone is 1. The van der Waals surface area contributed by atoms with Gasteiger partial charge in [0.2, 0.25) is 5.78 Å². The van der Waals surface area contributed by atoms with Gasteiger partial charge in [-0.15, -0.1) is 0 Å². The van der Waals surface area contributed by atoms with Gasteiger partial charge in [0.15, 0.2) is 12.4 Å². The van der Waals surface area contributed by atoms with Crippen LogP contribution in [0, 0.1) is 5.82 Å². The van der Waals surface area contributed by atoms with Gasteiger partial charge in [-0.2, -0.15) is 0 Å². The molecule has 23 heavy (non-hydrogen) atoms. The molecule has 0 atom stereocenters. The third-order valence-electron chi connectivity index (χ3n) is 3.17. The third-order valence-corrected chi connectivity index (χ3v) is 3.17. The first-order chi connectivity index (χ1) is 11.0. The number of halogens is 1. The molecule has 0 unspecified atom stereocenters. The van der Waals surface area contributed by atoms with Crippen LogP contribution >= 0.6 is 0 Å². The maximum absolute atomic E-state index is 12.9. The molecule has 2 aromatic carbocycles. The Kier molecular flexibility index (Phi) is 3.80. The van der Waals surface area contributed by atoms with Crippen molar-refractivity contribution >= 4 is 17.8 Å². The highest BCUT2D eigenvalue weighted by atomic mass is 19.1. The summed E-state index contributed by atoms with van der Waals surface area (Å²) < 4.78 is 23.4. The zero-order valence-corrected chi connectivity index (χ0v) is 11.8. The van der Waals surface area contributed by atoms with Crippen LogP contribution in [0.4, 0.5) is 4.39 Å². The van der Waals surface area contributed by atoms with E-state index < -0.39 is 12.6 Å². The molecule has 0 aliphatic carbocycles. The van der Waals surface area contributed by atoms with Crippen molar-refractivity contribution in [2.45, 2.75) is 0 Å². The summed E-state index contributed by atoms with van der Waals surface area (Å²) in [7, 11) is 0. The molecular formula is C17H11FO5. The van der Waals surface area contributed by atoms with E-state index in [0.29, 0.717) is 22.6 Å². The van der Waals surface area contributed by atoms with Gasteiger partial charge in [0.1, 0.15) is 17.3 Å². The molecular weight excluding hydrogens is 303 g/mol. The average molecular weight is 314 g/mol. The van der Waals surface area contributed by atoms with Crippen LogP contribution in [-0.2, 0) is 4.79 Å².